The normalized spacial score (nSPS) is 11.8. The maximum absolute atomic E-state index is 12.2. The minimum absolute atomic E-state index is 0.00826. The van der Waals surface area contributed by atoms with E-state index in [1.807, 2.05) is 30.3 Å². The number of rotatable bonds is 8. The number of benzene rings is 2. The van der Waals surface area contributed by atoms with Gasteiger partial charge in [0.2, 0.25) is 11.8 Å². The average molecular weight is 413 g/mol. The molecule has 0 aliphatic rings. The lowest BCUT2D eigenvalue weighted by atomic mass is 10.1. The van der Waals surface area contributed by atoms with Crippen LogP contribution in [0.25, 0.3) is 0 Å². The number of ether oxygens (including phenoxy) is 2. The van der Waals surface area contributed by atoms with Gasteiger partial charge in [0.25, 0.3) is 0 Å². The molecule has 30 heavy (non-hydrogen) atoms. The van der Waals surface area contributed by atoms with E-state index in [9.17, 15) is 14.4 Å². The van der Waals surface area contributed by atoms with Gasteiger partial charge in [-0.3, -0.25) is 9.59 Å². The van der Waals surface area contributed by atoms with E-state index >= 15 is 0 Å². The van der Waals surface area contributed by atoms with Crippen molar-refractivity contribution >= 4 is 23.6 Å². The third-order valence-corrected chi connectivity index (χ3v) is 3.81. The van der Waals surface area contributed by atoms with Gasteiger partial charge in [-0.2, -0.15) is 0 Å². The lowest BCUT2D eigenvalue weighted by Crippen LogP contribution is -2.46. The summed E-state index contributed by atoms with van der Waals surface area (Å²) in [6.45, 7) is 5.11. The van der Waals surface area contributed by atoms with Gasteiger partial charge >= 0.3 is 6.09 Å². The molecule has 8 nitrogen and oxygen atoms in total. The van der Waals surface area contributed by atoms with Crippen LogP contribution in [0.15, 0.2) is 54.6 Å². The fourth-order valence-corrected chi connectivity index (χ4v) is 2.47. The lowest BCUT2D eigenvalue weighted by Gasteiger charge is -2.22. The Morgan fingerprint density at radius 2 is 1.57 bits per heavy atom. The molecule has 0 saturated carbocycles. The molecule has 160 valence electrons. The highest BCUT2D eigenvalue weighted by atomic mass is 16.6. The van der Waals surface area contributed by atoms with E-state index in [0.29, 0.717) is 17.2 Å². The van der Waals surface area contributed by atoms with Gasteiger partial charge in [0.1, 0.15) is 23.1 Å². The number of nitrogens with one attached hydrogen (secondary N) is 2. The topological polar surface area (TPSA) is 120 Å². The fourth-order valence-electron chi connectivity index (χ4n) is 2.47. The molecule has 0 bridgehead atoms. The summed E-state index contributed by atoms with van der Waals surface area (Å²) in [5.74, 6) is 0.291. The minimum atomic E-state index is -1.01. The van der Waals surface area contributed by atoms with Gasteiger partial charge in [0.15, 0.2) is 0 Å². The van der Waals surface area contributed by atoms with E-state index < -0.39 is 23.6 Å². The first-order chi connectivity index (χ1) is 14.1. The molecule has 0 spiro atoms. The Morgan fingerprint density at radius 3 is 2.13 bits per heavy atom. The first kappa shape index (κ1) is 22.7. The molecule has 0 fully saturated rings. The molecule has 2 rings (SSSR count). The lowest BCUT2D eigenvalue weighted by molar-refractivity contribution is -0.120. The van der Waals surface area contributed by atoms with Crippen molar-refractivity contribution in [2.24, 2.45) is 5.73 Å². The molecule has 0 heterocycles. The second-order valence-electron chi connectivity index (χ2n) is 7.63. The van der Waals surface area contributed by atoms with Crippen LogP contribution < -0.4 is 21.1 Å². The summed E-state index contributed by atoms with van der Waals surface area (Å²) in [6, 6.07) is 15.2. The molecule has 0 aliphatic carbocycles. The van der Waals surface area contributed by atoms with Gasteiger partial charge in [0.05, 0.1) is 0 Å². The second-order valence-corrected chi connectivity index (χ2v) is 7.63. The first-order valence-electron chi connectivity index (χ1n) is 9.54. The summed E-state index contributed by atoms with van der Waals surface area (Å²) in [5.41, 5.74) is 5.18. The summed E-state index contributed by atoms with van der Waals surface area (Å²) in [4.78, 5) is 35.6. The summed E-state index contributed by atoms with van der Waals surface area (Å²) in [7, 11) is 0. The van der Waals surface area contributed by atoms with E-state index in [1.165, 1.54) is 0 Å². The monoisotopic (exact) mass is 413 g/mol. The largest absolute Gasteiger partial charge is 0.457 e. The Morgan fingerprint density at radius 1 is 0.967 bits per heavy atom. The predicted molar refractivity (Wildman–Crippen MR) is 113 cm³/mol. The van der Waals surface area contributed by atoms with Crippen LogP contribution in [0.1, 0.15) is 33.6 Å². The molecule has 4 N–H and O–H groups in total. The van der Waals surface area contributed by atoms with Crippen molar-refractivity contribution in [2.75, 3.05) is 5.32 Å². The molecule has 2 aromatic rings. The molecule has 1 atom stereocenters. The van der Waals surface area contributed by atoms with E-state index in [1.54, 1.807) is 45.0 Å². The van der Waals surface area contributed by atoms with E-state index in [2.05, 4.69) is 10.6 Å². The number of primary amides is 1. The molecule has 0 radical (unpaired) electrons. The quantitative estimate of drug-likeness (QED) is 0.611. The smallest absolute Gasteiger partial charge is 0.408 e. The average Bonchev–Trinajstić information content (AvgIpc) is 2.66. The number of anilines is 1. The van der Waals surface area contributed by atoms with Crippen molar-refractivity contribution in [1.82, 2.24) is 5.32 Å². The number of amides is 3. The van der Waals surface area contributed by atoms with Crippen molar-refractivity contribution in [3.63, 3.8) is 0 Å². The highest BCUT2D eigenvalue weighted by molar-refractivity contribution is 5.91. The van der Waals surface area contributed by atoms with Crippen LogP contribution in [0.2, 0.25) is 0 Å². The highest BCUT2D eigenvalue weighted by Gasteiger charge is 2.23. The van der Waals surface area contributed by atoms with Gasteiger partial charge in [-0.1, -0.05) is 18.2 Å². The van der Waals surface area contributed by atoms with Crippen LogP contribution in [-0.4, -0.2) is 29.6 Å². The summed E-state index contributed by atoms with van der Waals surface area (Å²) >= 11 is 0. The summed E-state index contributed by atoms with van der Waals surface area (Å²) in [5, 5.41) is 5.12. The molecule has 0 aromatic heterocycles. The van der Waals surface area contributed by atoms with Crippen molar-refractivity contribution in [2.45, 2.75) is 45.3 Å². The Labute approximate surface area is 175 Å². The van der Waals surface area contributed by atoms with Gasteiger partial charge in [-0.25, -0.2) is 4.79 Å². The zero-order chi connectivity index (χ0) is 22.1. The van der Waals surface area contributed by atoms with Crippen LogP contribution in [0.3, 0.4) is 0 Å². The zero-order valence-corrected chi connectivity index (χ0v) is 17.3. The van der Waals surface area contributed by atoms with Gasteiger partial charge in [-0.15, -0.1) is 0 Å². The summed E-state index contributed by atoms with van der Waals surface area (Å²) in [6.07, 6.45) is -0.720. The SMILES string of the molecule is CC(C)(C)OC(=O)NC(CCC(=O)Nc1ccc(Oc2ccccc2)cc1)C(N)=O. The Kier molecular flexibility index (Phi) is 7.80. The standard InChI is InChI=1S/C22H27N3O5/c1-22(2,3)30-21(28)25-18(20(23)27)13-14-19(26)24-15-9-11-17(12-10-15)29-16-7-5-4-6-8-16/h4-12,18H,13-14H2,1-3H3,(H2,23,27)(H,24,26)(H,25,28). The number of para-hydroxylation sites is 1. The number of alkyl carbamates (subject to hydrolysis) is 1. The second kappa shape index (κ2) is 10.3. The van der Waals surface area contributed by atoms with Gasteiger partial charge in [0, 0.05) is 12.1 Å². The number of hydrogen-bond acceptors (Lipinski definition) is 5. The van der Waals surface area contributed by atoms with Crippen LogP contribution >= 0.6 is 0 Å². The Balaban J connectivity index is 1.83. The molecular weight excluding hydrogens is 386 g/mol. The van der Waals surface area contributed by atoms with Crippen molar-refractivity contribution < 1.29 is 23.9 Å². The van der Waals surface area contributed by atoms with E-state index in [0.717, 1.165) is 0 Å². The van der Waals surface area contributed by atoms with Crippen molar-refractivity contribution in [3.05, 3.63) is 54.6 Å². The molecule has 3 amide bonds. The van der Waals surface area contributed by atoms with Crippen molar-refractivity contribution in [1.29, 1.82) is 0 Å². The maximum Gasteiger partial charge on any atom is 0.408 e. The Bertz CT molecular complexity index is 861. The van der Waals surface area contributed by atoms with Crippen LogP contribution in [-0.2, 0) is 14.3 Å². The first-order valence-corrected chi connectivity index (χ1v) is 9.54. The Hall–Kier alpha value is -3.55. The zero-order valence-electron chi connectivity index (χ0n) is 17.3. The van der Waals surface area contributed by atoms with Gasteiger partial charge in [-0.05, 0) is 63.6 Å². The third-order valence-electron chi connectivity index (χ3n) is 3.81. The number of carbonyl (C=O) groups is 3. The van der Waals surface area contributed by atoms with E-state index in [4.69, 9.17) is 15.2 Å². The fraction of sp³-hybridized carbons (Fsp3) is 0.318. The van der Waals surface area contributed by atoms with Crippen molar-refractivity contribution in [3.8, 4) is 11.5 Å². The molecule has 2 aromatic carbocycles. The van der Waals surface area contributed by atoms with Crippen LogP contribution in [0.4, 0.5) is 10.5 Å². The van der Waals surface area contributed by atoms with Crippen LogP contribution in [0, 0.1) is 0 Å². The minimum Gasteiger partial charge on any atom is -0.457 e. The summed E-state index contributed by atoms with van der Waals surface area (Å²) < 4.78 is 10.8. The molecule has 1 unspecified atom stereocenters. The van der Waals surface area contributed by atoms with Gasteiger partial charge < -0.3 is 25.8 Å². The van der Waals surface area contributed by atoms with E-state index in [-0.39, 0.29) is 18.7 Å². The third kappa shape index (κ3) is 8.22. The number of carbonyl (C=O) groups excluding carboxylic acids is 3. The molecule has 0 saturated heterocycles. The van der Waals surface area contributed by atoms with Crippen LogP contribution in [0.5, 0.6) is 11.5 Å². The molecule has 0 aliphatic heterocycles. The number of hydrogen-bond donors (Lipinski definition) is 3. The highest BCUT2D eigenvalue weighted by Crippen LogP contribution is 2.22. The number of nitrogens with two attached hydrogens (primary N) is 1. The molecular formula is C22H27N3O5. The maximum atomic E-state index is 12.2. The molecule has 8 heteroatoms. The predicted octanol–water partition coefficient (Wildman–Crippen LogP) is 3.58.